The fourth-order valence-electron chi connectivity index (χ4n) is 3.04. The molecule has 22 heavy (non-hydrogen) atoms. The van der Waals surface area contributed by atoms with Crippen LogP contribution in [0, 0.1) is 11.6 Å². The largest absolute Gasteiger partial charge is 0.497 e. The molecular weight excluding hydrogens is 286 g/mol. The van der Waals surface area contributed by atoms with Gasteiger partial charge in [-0.1, -0.05) is 6.07 Å². The molecule has 0 heterocycles. The van der Waals surface area contributed by atoms with Crippen molar-refractivity contribution in [1.82, 2.24) is 0 Å². The topological polar surface area (TPSA) is 26.3 Å². The first-order valence-electron chi connectivity index (χ1n) is 7.26. The van der Waals surface area contributed by atoms with Crippen LogP contribution in [0.1, 0.15) is 40.2 Å². The summed E-state index contributed by atoms with van der Waals surface area (Å²) in [5, 5.41) is 0. The van der Waals surface area contributed by atoms with Crippen LogP contribution in [0.3, 0.4) is 0 Å². The molecule has 2 aromatic carbocycles. The number of benzene rings is 2. The Bertz CT molecular complexity index is 725. The molecule has 4 heteroatoms. The average molecular weight is 302 g/mol. The van der Waals surface area contributed by atoms with Gasteiger partial charge in [0.05, 0.1) is 13.0 Å². The van der Waals surface area contributed by atoms with Gasteiger partial charge in [-0.3, -0.25) is 4.79 Å². The van der Waals surface area contributed by atoms with Crippen LogP contribution >= 0.6 is 0 Å². The number of carbonyl (C=O) groups is 1. The van der Waals surface area contributed by atoms with E-state index in [0.29, 0.717) is 17.7 Å². The number of halogens is 2. The van der Waals surface area contributed by atoms with Crippen molar-refractivity contribution in [2.24, 2.45) is 0 Å². The Kier molecular flexibility index (Phi) is 3.92. The maximum absolute atomic E-state index is 14.0. The van der Waals surface area contributed by atoms with Gasteiger partial charge in [0, 0.05) is 11.6 Å². The molecule has 2 nitrogen and oxygen atoms in total. The van der Waals surface area contributed by atoms with Crippen LogP contribution in [0.4, 0.5) is 8.78 Å². The molecule has 0 fully saturated rings. The molecule has 0 amide bonds. The van der Waals surface area contributed by atoms with Crippen LogP contribution < -0.4 is 4.74 Å². The van der Waals surface area contributed by atoms with Crippen LogP contribution in [0.25, 0.3) is 0 Å². The molecule has 1 unspecified atom stereocenters. The van der Waals surface area contributed by atoms with Crippen molar-refractivity contribution >= 4 is 5.78 Å². The Morgan fingerprint density at radius 3 is 2.68 bits per heavy atom. The highest BCUT2D eigenvalue weighted by molar-refractivity contribution is 6.02. The molecule has 0 aliphatic heterocycles. The van der Waals surface area contributed by atoms with Crippen molar-refractivity contribution in [2.75, 3.05) is 7.11 Å². The molecular formula is C18H16F2O2. The van der Waals surface area contributed by atoms with E-state index in [0.717, 1.165) is 24.5 Å². The number of hydrogen-bond acceptors (Lipinski definition) is 2. The van der Waals surface area contributed by atoms with Crippen molar-refractivity contribution in [3.63, 3.8) is 0 Å². The quantitative estimate of drug-likeness (QED) is 0.774. The first-order valence-corrected chi connectivity index (χ1v) is 7.26. The van der Waals surface area contributed by atoms with Crippen LogP contribution in [-0.4, -0.2) is 12.9 Å². The number of Topliss-reactive ketones (excluding diaryl/α,β-unsaturated/α-hetero) is 1. The third-order valence-corrected chi connectivity index (χ3v) is 4.17. The maximum Gasteiger partial charge on any atom is 0.170 e. The van der Waals surface area contributed by atoms with Gasteiger partial charge in [0.1, 0.15) is 17.4 Å². The molecule has 0 radical (unpaired) electrons. The second kappa shape index (κ2) is 5.87. The first kappa shape index (κ1) is 14.7. The van der Waals surface area contributed by atoms with Crippen molar-refractivity contribution < 1.29 is 18.3 Å². The minimum absolute atomic E-state index is 0.110. The average Bonchev–Trinajstić information content (AvgIpc) is 2.66. The molecule has 0 saturated carbocycles. The highest BCUT2D eigenvalue weighted by Crippen LogP contribution is 2.34. The monoisotopic (exact) mass is 302 g/mol. The molecule has 1 aliphatic rings. The molecule has 114 valence electrons. The van der Waals surface area contributed by atoms with E-state index in [-0.39, 0.29) is 11.3 Å². The number of carbonyl (C=O) groups excluding carboxylic acids is 1. The SMILES string of the molecule is COc1ccc2c(c1)CCCC(c1ccc(F)cc1F)C2=O. The highest BCUT2D eigenvalue weighted by Gasteiger charge is 2.29. The zero-order valence-corrected chi connectivity index (χ0v) is 12.2. The Morgan fingerprint density at radius 1 is 1.14 bits per heavy atom. The Hall–Kier alpha value is -2.23. The highest BCUT2D eigenvalue weighted by atomic mass is 19.1. The van der Waals surface area contributed by atoms with Gasteiger partial charge < -0.3 is 4.74 Å². The summed E-state index contributed by atoms with van der Waals surface area (Å²) < 4.78 is 32.3. The van der Waals surface area contributed by atoms with Crippen molar-refractivity contribution in [1.29, 1.82) is 0 Å². The molecule has 0 N–H and O–H groups in total. The van der Waals surface area contributed by atoms with Gasteiger partial charge in [-0.15, -0.1) is 0 Å². The predicted molar refractivity (Wildman–Crippen MR) is 79.4 cm³/mol. The third kappa shape index (κ3) is 2.61. The summed E-state index contributed by atoms with van der Waals surface area (Å²) >= 11 is 0. The summed E-state index contributed by atoms with van der Waals surface area (Å²) in [6.07, 6.45) is 2.07. The summed E-state index contributed by atoms with van der Waals surface area (Å²) in [5.74, 6) is -1.25. The van der Waals surface area contributed by atoms with Gasteiger partial charge in [-0.2, -0.15) is 0 Å². The molecule has 0 aromatic heterocycles. The summed E-state index contributed by atoms with van der Waals surface area (Å²) in [6.45, 7) is 0. The van der Waals surface area contributed by atoms with Crippen molar-refractivity contribution in [3.8, 4) is 5.75 Å². The van der Waals surface area contributed by atoms with Crippen molar-refractivity contribution in [3.05, 3.63) is 64.7 Å². The number of aryl methyl sites for hydroxylation is 1. The third-order valence-electron chi connectivity index (χ3n) is 4.17. The first-order chi connectivity index (χ1) is 10.6. The standard InChI is InChI=1S/C18H16F2O2/c1-22-13-6-8-14-11(9-13)3-2-4-16(18(14)21)15-7-5-12(19)10-17(15)20/h5-10,16H,2-4H2,1H3. The number of hydrogen-bond donors (Lipinski definition) is 0. The van der Waals surface area contributed by atoms with E-state index < -0.39 is 17.6 Å². The van der Waals surface area contributed by atoms with E-state index in [1.165, 1.54) is 12.1 Å². The van der Waals surface area contributed by atoms with E-state index in [1.807, 2.05) is 6.07 Å². The minimum atomic E-state index is -0.657. The van der Waals surface area contributed by atoms with E-state index in [2.05, 4.69) is 0 Å². The van der Waals surface area contributed by atoms with E-state index in [9.17, 15) is 13.6 Å². The van der Waals surface area contributed by atoms with Gasteiger partial charge in [-0.25, -0.2) is 8.78 Å². The second-order valence-corrected chi connectivity index (χ2v) is 5.50. The molecule has 1 atom stereocenters. The summed E-state index contributed by atoms with van der Waals surface area (Å²) in [5.41, 5.74) is 1.80. The Balaban J connectivity index is 2.02. The van der Waals surface area contributed by atoms with Gasteiger partial charge in [-0.05, 0) is 54.7 Å². The summed E-state index contributed by atoms with van der Waals surface area (Å²) in [7, 11) is 1.58. The van der Waals surface area contributed by atoms with Gasteiger partial charge in [0.15, 0.2) is 5.78 Å². The van der Waals surface area contributed by atoms with Crippen LogP contribution in [0.2, 0.25) is 0 Å². The molecule has 2 aromatic rings. The van der Waals surface area contributed by atoms with Gasteiger partial charge in [0.25, 0.3) is 0 Å². The lowest BCUT2D eigenvalue weighted by Gasteiger charge is -2.15. The molecule has 0 saturated heterocycles. The molecule has 3 rings (SSSR count). The molecule has 1 aliphatic carbocycles. The fraction of sp³-hybridized carbons (Fsp3) is 0.278. The lowest BCUT2D eigenvalue weighted by Crippen LogP contribution is -2.14. The van der Waals surface area contributed by atoms with Crippen LogP contribution in [0.5, 0.6) is 5.75 Å². The van der Waals surface area contributed by atoms with E-state index in [4.69, 9.17) is 4.74 Å². The lowest BCUT2D eigenvalue weighted by atomic mass is 9.88. The Morgan fingerprint density at radius 2 is 1.95 bits per heavy atom. The van der Waals surface area contributed by atoms with Crippen molar-refractivity contribution in [2.45, 2.75) is 25.2 Å². The van der Waals surface area contributed by atoms with Gasteiger partial charge >= 0.3 is 0 Å². The summed E-state index contributed by atoms with van der Waals surface area (Å²) in [4.78, 5) is 12.8. The number of ketones is 1. The lowest BCUT2D eigenvalue weighted by molar-refractivity contribution is 0.0955. The van der Waals surface area contributed by atoms with E-state index in [1.54, 1.807) is 19.2 Å². The number of ether oxygens (including phenoxy) is 1. The fourth-order valence-corrected chi connectivity index (χ4v) is 3.04. The zero-order valence-electron chi connectivity index (χ0n) is 12.2. The number of rotatable bonds is 2. The number of fused-ring (bicyclic) bond motifs is 1. The predicted octanol–water partition coefficient (Wildman–Crippen LogP) is 4.28. The van der Waals surface area contributed by atoms with Crippen LogP contribution in [0.15, 0.2) is 36.4 Å². The normalized spacial score (nSPS) is 17.8. The molecule has 0 spiro atoms. The smallest absolute Gasteiger partial charge is 0.170 e. The Labute approximate surface area is 127 Å². The maximum atomic E-state index is 14.0. The molecule has 0 bridgehead atoms. The second-order valence-electron chi connectivity index (χ2n) is 5.50. The summed E-state index contributed by atoms with van der Waals surface area (Å²) in [6, 6.07) is 8.74. The van der Waals surface area contributed by atoms with Gasteiger partial charge in [0.2, 0.25) is 0 Å². The minimum Gasteiger partial charge on any atom is -0.497 e. The zero-order chi connectivity index (χ0) is 15.7. The number of methoxy groups -OCH3 is 1. The van der Waals surface area contributed by atoms with E-state index >= 15 is 0 Å². The van der Waals surface area contributed by atoms with Crippen LogP contribution in [-0.2, 0) is 6.42 Å².